The van der Waals surface area contributed by atoms with Crippen LogP contribution in [-0.4, -0.2) is 42.5 Å². The molecule has 1 N–H and O–H groups in total. The molecule has 0 amide bonds. The minimum atomic E-state index is -3.68. The molecule has 7 heteroatoms. The molecule has 1 aromatic heterocycles. The average Bonchev–Trinajstić information content (AvgIpc) is 2.67. The Morgan fingerprint density at radius 1 is 1.15 bits per heavy atom. The Bertz CT molecular complexity index is 1050. The third-order valence-corrected chi connectivity index (χ3v) is 6.45. The van der Waals surface area contributed by atoms with Gasteiger partial charge in [0.15, 0.2) is 0 Å². The van der Waals surface area contributed by atoms with Crippen LogP contribution in [0.15, 0.2) is 65.8 Å². The lowest BCUT2D eigenvalue weighted by molar-refractivity contribution is -0.00262. The molecule has 2 aromatic carbocycles. The summed E-state index contributed by atoms with van der Waals surface area (Å²) in [5.74, 6) is 0.132. The van der Waals surface area contributed by atoms with Gasteiger partial charge in [-0.05, 0) is 29.8 Å². The van der Waals surface area contributed by atoms with Crippen molar-refractivity contribution >= 4 is 20.8 Å². The number of aromatic nitrogens is 1. The van der Waals surface area contributed by atoms with E-state index >= 15 is 0 Å². The van der Waals surface area contributed by atoms with Crippen molar-refractivity contribution in [1.82, 2.24) is 9.29 Å². The van der Waals surface area contributed by atoms with Crippen LogP contribution < -0.4 is 0 Å². The number of morpholine rings is 1. The number of nitrogens with zero attached hydrogens (tertiary/aromatic N) is 2. The highest BCUT2D eigenvalue weighted by atomic mass is 32.2. The lowest BCUT2D eigenvalue weighted by Crippen LogP contribution is -2.42. The van der Waals surface area contributed by atoms with Crippen LogP contribution in [0.3, 0.4) is 0 Å². The largest absolute Gasteiger partial charge is 0.508 e. The number of benzene rings is 2. The van der Waals surface area contributed by atoms with Crippen LogP contribution in [0.5, 0.6) is 5.75 Å². The van der Waals surface area contributed by atoms with Gasteiger partial charge in [-0.2, -0.15) is 4.31 Å². The van der Waals surface area contributed by atoms with Gasteiger partial charge in [0.2, 0.25) is 10.0 Å². The van der Waals surface area contributed by atoms with Crippen molar-refractivity contribution in [2.45, 2.75) is 11.0 Å². The smallest absolute Gasteiger partial charge is 0.243 e. The van der Waals surface area contributed by atoms with Crippen molar-refractivity contribution in [3.8, 4) is 5.75 Å². The molecule has 0 spiro atoms. The fraction of sp³-hybridized carbons (Fsp3) is 0.211. The zero-order valence-electron chi connectivity index (χ0n) is 13.9. The van der Waals surface area contributed by atoms with Crippen molar-refractivity contribution in [2.75, 3.05) is 19.7 Å². The predicted octanol–water partition coefficient (Wildman–Crippen LogP) is 2.70. The lowest BCUT2D eigenvalue weighted by Gasteiger charge is -2.32. The molecule has 134 valence electrons. The first-order chi connectivity index (χ1) is 12.6. The molecule has 6 nitrogen and oxygen atoms in total. The monoisotopic (exact) mass is 370 g/mol. The first kappa shape index (κ1) is 17.0. The molecule has 3 aromatic rings. The normalized spacial score (nSPS) is 18.8. The minimum Gasteiger partial charge on any atom is -0.508 e. The summed E-state index contributed by atoms with van der Waals surface area (Å²) >= 11 is 0. The van der Waals surface area contributed by atoms with E-state index in [2.05, 4.69) is 4.98 Å². The Morgan fingerprint density at radius 2 is 2.00 bits per heavy atom. The SMILES string of the molecule is O=S(=O)(c1cccc2cnccc12)N1CCO[C@H](c2cccc(O)c2)C1. The van der Waals surface area contributed by atoms with Crippen LogP contribution in [0.4, 0.5) is 0 Å². The van der Waals surface area contributed by atoms with Crippen molar-refractivity contribution in [3.05, 3.63) is 66.5 Å². The van der Waals surface area contributed by atoms with Crippen molar-refractivity contribution < 1.29 is 18.3 Å². The predicted molar refractivity (Wildman–Crippen MR) is 97.3 cm³/mol. The first-order valence-electron chi connectivity index (χ1n) is 8.29. The summed E-state index contributed by atoms with van der Waals surface area (Å²) in [4.78, 5) is 4.33. The summed E-state index contributed by atoms with van der Waals surface area (Å²) < 4.78 is 33.7. The quantitative estimate of drug-likeness (QED) is 0.767. The Balaban J connectivity index is 1.69. The molecule has 1 saturated heterocycles. The van der Waals surface area contributed by atoms with Gasteiger partial charge in [0.1, 0.15) is 5.75 Å². The molecule has 0 unspecified atom stereocenters. The second-order valence-corrected chi connectivity index (χ2v) is 8.08. The maximum Gasteiger partial charge on any atom is 0.243 e. The van der Waals surface area contributed by atoms with Crippen LogP contribution >= 0.6 is 0 Å². The maximum atomic E-state index is 13.2. The van der Waals surface area contributed by atoms with Gasteiger partial charge in [-0.25, -0.2) is 8.42 Å². The summed E-state index contributed by atoms with van der Waals surface area (Å²) in [6.45, 7) is 0.790. The van der Waals surface area contributed by atoms with Crippen molar-refractivity contribution in [2.24, 2.45) is 0 Å². The van der Waals surface area contributed by atoms with E-state index in [0.29, 0.717) is 18.5 Å². The Morgan fingerprint density at radius 3 is 2.85 bits per heavy atom. The number of phenols is 1. The van der Waals surface area contributed by atoms with Crippen LogP contribution in [0.25, 0.3) is 10.8 Å². The number of rotatable bonds is 3. The highest BCUT2D eigenvalue weighted by Crippen LogP contribution is 2.30. The van der Waals surface area contributed by atoms with E-state index in [9.17, 15) is 13.5 Å². The van der Waals surface area contributed by atoms with E-state index in [1.807, 2.05) is 12.1 Å². The number of aromatic hydroxyl groups is 1. The third-order valence-electron chi connectivity index (χ3n) is 4.53. The van der Waals surface area contributed by atoms with Gasteiger partial charge >= 0.3 is 0 Å². The van der Waals surface area contributed by atoms with Crippen LogP contribution in [-0.2, 0) is 14.8 Å². The maximum absolute atomic E-state index is 13.2. The summed E-state index contributed by atoms with van der Waals surface area (Å²) in [7, 11) is -3.68. The van der Waals surface area contributed by atoms with Gasteiger partial charge in [-0.3, -0.25) is 4.98 Å². The van der Waals surface area contributed by atoms with E-state index in [-0.39, 0.29) is 17.2 Å². The zero-order chi connectivity index (χ0) is 18.1. The number of ether oxygens (including phenoxy) is 1. The standard InChI is InChI=1S/C19H18N2O4S/c22-16-5-1-3-14(11-16)18-13-21(9-10-25-18)26(23,24)19-6-2-4-15-12-20-8-7-17(15)19/h1-8,11-12,18,22H,9-10,13H2/t18-/m0/s1. The Labute approximate surface area is 151 Å². The molecule has 0 saturated carbocycles. The number of fused-ring (bicyclic) bond motifs is 1. The highest BCUT2D eigenvalue weighted by molar-refractivity contribution is 7.89. The number of hydrogen-bond acceptors (Lipinski definition) is 5. The number of hydrogen-bond donors (Lipinski definition) is 1. The summed E-state index contributed by atoms with van der Waals surface area (Å²) in [5, 5.41) is 11.1. The summed E-state index contributed by atoms with van der Waals surface area (Å²) in [6.07, 6.45) is 2.83. The minimum absolute atomic E-state index is 0.132. The molecule has 1 fully saturated rings. The molecular weight excluding hydrogens is 352 g/mol. The first-order valence-corrected chi connectivity index (χ1v) is 9.73. The van der Waals surface area contributed by atoms with E-state index in [0.717, 1.165) is 10.9 Å². The van der Waals surface area contributed by atoms with Crippen LogP contribution in [0, 0.1) is 0 Å². The number of phenolic OH excluding ortho intramolecular Hbond substituents is 1. The third kappa shape index (κ3) is 3.05. The van der Waals surface area contributed by atoms with E-state index in [1.54, 1.807) is 48.8 Å². The zero-order valence-corrected chi connectivity index (χ0v) is 14.8. The van der Waals surface area contributed by atoms with Gasteiger partial charge in [-0.15, -0.1) is 0 Å². The number of pyridine rings is 1. The summed E-state index contributed by atoms with van der Waals surface area (Å²) in [5.41, 5.74) is 0.756. The lowest BCUT2D eigenvalue weighted by atomic mass is 10.1. The van der Waals surface area contributed by atoms with Gasteiger partial charge in [0, 0.05) is 36.3 Å². The van der Waals surface area contributed by atoms with E-state index in [1.165, 1.54) is 4.31 Å². The molecule has 0 aliphatic carbocycles. The molecule has 1 aliphatic heterocycles. The molecule has 0 radical (unpaired) electrons. The topological polar surface area (TPSA) is 79.7 Å². The second-order valence-electron chi connectivity index (χ2n) is 6.17. The van der Waals surface area contributed by atoms with Crippen molar-refractivity contribution in [1.29, 1.82) is 0 Å². The molecular formula is C19H18N2O4S. The van der Waals surface area contributed by atoms with Crippen LogP contribution in [0.2, 0.25) is 0 Å². The molecule has 1 aliphatic rings. The van der Waals surface area contributed by atoms with Gasteiger partial charge in [0.25, 0.3) is 0 Å². The fourth-order valence-electron chi connectivity index (χ4n) is 3.23. The molecule has 4 rings (SSSR count). The van der Waals surface area contributed by atoms with Gasteiger partial charge in [-0.1, -0.05) is 24.3 Å². The highest BCUT2D eigenvalue weighted by Gasteiger charge is 2.32. The van der Waals surface area contributed by atoms with Crippen molar-refractivity contribution in [3.63, 3.8) is 0 Å². The van der Waals surface area contributed by atoms with Gasteiger partial charge < -0.3 is 9.84 Å². The van der Waals surface area contributed by atoms with Crippen LogP contribution in [0.1, 0.15) is 11.7 Å². The van der Waals surface area contributed by atoms with E-state index in [4.69, 9.17) is 4.74 Å². The van der Waals surface area contributed by atoms with Gasteiger partial charge in [0.05, 0.1) is 17.6 Å². The molecule has 26 heavy (non-hydrogen) atoms. The molecule has 2 heterocycles. The second kappa shape index (κ2) is 6.68. The average molecular weight is 370 g/mol. The molecule has 1 atom stereocenters. The Kier molecular flexibility index (Phi) is 4.36. The Hall–Kier alpha value is -2.48. The van der Waals surface area contributed by atoms with E-state index < -0.39 is 16.1 Å². The fourth-order valence-corrected chi connectivity index (χ4v) is 4.87. The number of sulfonamides is 1. The molecule has 0 bridgehead atoms. The summed E-state index contributed by atoms with van der Waals surface area (Å²) in [6, 6.07) is 13.6.